The van der Waals surface area contributed by atoms with Gasteiger partial charge in [-0.15, -0.1) is 0 Å². The molecule has 2 nitrogen and oxygen atoms in total. The van der Waals surface area contributed by atoms with E-state index in [1.165, 1.54) is 5.56 Å². The lowest BCUT2D eigenvalue weighted by molar-refractivity contribution is 0.234. The van der Waals surface area contributed by atoms with E-state index in [4.69, 9.17) is 4.74 Å². The molecule has 0 N–H and O–H groups in total. The molecule has 0 atom stereocenters. The SMILES string of the molecule is CCN1CCOc2ccccc2C1. The molecule has 0 aromatic heterocycles. The summed E-state index contributed by atoms with van der Waals surface area (Å²) in [6.45, 7) is 6.15. The zero-order valence-electron chi connectivity index (χ0n) is 7.99. The Morgan fingerprint density at radius 2 is 2.23 bits per heavy atom. The minimum atomic E-state index is 0.810. The first-order valence-electron chi connectivity index (χ1n) is 4.83. The number of hydrogen-bond acceptors (Lipinski definition) is 2. The molecule has 0 saturated carbocycles. The third-order valence-corrected chi connectivity index (χ3v) is 2.48. The summed E-state index contributed by atoms with van der Waals surface area (Å²) in [7, 11) is 0. The van der Waals surface area contributed by atoms with Gasteiger partial charge in [-0.25, -0.2) is 0 Å². The Kier molecular flexibility index (Phi) is 2.50. The van der Waals surface area contributed by atoms with E-state index in [1.807, 2.05) is 6.07 Å². The summed E-state index contributed by atoms with van der Waals surface area (Å²) in [5.41, 5.74) is 1.31. The average molecular weight is 177 g/mol. The number of likely N-dealkylation sites (N-methyl/N-ethyl adjacent to an activating group) is 1. The fourth-order valence-electron chi connectivity index (χ4n) is 1.65. The second-order valence-electron chi connectivity index (χ2n) is 3.32. The lowest BCUT2D eigenvalue weighted by Crippen LogP contribution is -2.25. The van der Waals surface area contributed by atoms with Crippen molar-refractivity contribution in [2.24, 2.45) is 0 Å². The van der Waals surface area contributed by atoms with E-state index >= 15 is 0 Å². The minimum Gasteiger partial charge on any atom is -0.492 e. The maximum Gasteiger partial charge on any atom is 0.123 e. The first-order chi connectivity index (χ1) is 6.40. The zero-order chi connectivity index (χ0) is 9.10. The van der Waals surface area contributed by atoms with Gasteiger partial charge >= 0.3 is 0 Å². The highest BCUT2D eigenvalue weighted by molar-refractivity contribution is 5.33. The van der Waals surface area contributed by atoms with Crippen LogP contribution in [0, 0.1) is 0 Å². The highest BCUT2D eigenvalue weighted by Gasteiger charge is 2.12. The molecule has 0 aliphatic carbocycles. The molecule has 0 fully saturated rings. The van der Waals surface area contributed by atoms with Crippen LogP contribution in [0.15, 0.2) is 24.3 Å². The van der Waals surface area contributed by atoms with E-state index in [1.54, 1.807) is 0 Å². The predicted octanol–water partition coefficient (Wildman–Crippen LogP) is 1.90. The van der Waals surface area contributed by atoms with E-state index in [-0.39, 0.29) is 0 Å². The van der Waals surface area contributed by atoms with Gasteiger partial charge in [0.2, 0.25) is 0 Å². The summed E-state index contributed by atoms with van der Waals surface area (Å²) in [5, 5.41) is 0. The number of fused-ring (bicyclic) bond motifs is 1. The normalized spacial score (nSPS) is 17.3. The molecule has 0 amide bonds. The summed E-state index contributed by atoms with van der Waals surface area (Å²) >= 11 is 0. The second-order valence-corrected chi connectivity index (χ2v) is 3.32. The minimum absolute atomic E-state index is 0.810. The monoisotopic (exact) mass is 177 g/mol. The van der Waals surface area contributed by atoms with Crippen LogP contribution in [-0.4, -0.2) is 24.6 Å². The molecule has 1 aliphatic rings. The Balaban J connectivity index is 2.23. The van der Waals surface area contributed by atoms with E-state index < -0.39 is 0 Å². The summed E-state index contributed by atoms with van der Waals surface area (Å²) in [6.07, 6.45) is 0. The molecule has 2 heteroatoms. The Bertz CT molecular complexity index is 285. The predicted molar refractivity (Wildman–Crippen MR) is 52.9 cm³/mol. The summed E-state index contributed by atoms with van der Waals surface area (Å²) in [4.78, 5) is 2.39. The third-order valence-electron chi connectivity index (χ3n) is 2.48. The van der Waals surface area contributed by atoms with Crippen molar-refractivity contribution < 1.29 is 4.74 Å². The standard InChI is InChI=1S/C11H15NO/c1-2-12-7-8-13-11-6-4-3-5-10(11)9-12/h3-6H,2,7-9H2,1H3. The Hall–Kier alpha value is -1.02. The van der Waals surface area contributed by atoms with Gasteiger partial charge in [-0.2, -0.15) is 0 Å². The fourth-order valence-corrected chi connectivity index (χ4v) is 1.65. The maximum absolute atomic E-state index is 5.64. The summed E-state index contributed by atoms with van der Waals surface area (Å²) in [5.74, 6) is 1.05. The van der Waals surface area contributed by atoms with Crippen LogP contribution in [0.25, 0.3) is 0 Å². The number of benzene rings is 1. The molecule has 0 unspecified atom stereocenters. The molecule has 1 aromatic carbocycles. The molecule has 0 radical (unpaired) electrons. The van der Waals surface area contributed by atoms with Crippen LogP contribution >= 0.6 is 0 Å². The van der Waals surface area contributed by atoms with Gasteiger partial charge in [0, 0.05) is 18.7 Å². The molecule has 0 spiro atoms. The van der Waals surface area contributed by atoms with Gasteiger partial charge in [0.1, 0.15) is 12.4 Å². The number of ether oxygens (including phenoxy) is 1. The van der Waals surface area contributed by atoms with Gasteiger partial charge in [-0.3, -0.25) is 4.90 Å². The van der Waals surface area contributed by atoms with E-state index in [0.29, 0.717) is 0 Å². The van der Waals surface area contributed by atoms with E-state index in [0.717, 1.165) is 32.0 Å². The van der Waals surface area contributed by atoms with Crippen LogP contribution in [0.1, 0.15) is 12.5 Å². The number of para-hydroxylation sites is 1. The first-order valence-corrected chi connectivity index (χ1v) is 4.83. The number of hydrogen-bond donors (Lipinski definition) is 0. The molecular formula is C11H15NO. The Morgan fingerprint density at radius 3 is 3.08 bits per heavy atom. The van der Waals surface area contributed by atoms with Crippen LogP contribution in [-0.2, 0) is 6.54 Å². The fraction of sp³-hybridized carbons (Fsp3) is 0.455. The Morgan fingerprint density at radius 1 is 1.38 bits per heavy atom. The van der Waals surface area contributed by atoms with Gasteiger partial charge in [-0.1, -0.05) is 25.1 Å². The Labute approximate surface area is 79.1 Å². The average Bonchev–Trinajstić information content (AvgIpc) is 2.38. The molecule has 2 rings (SSSR count). The van der Waals surface area contributed by atoms with Crippen molar-refractivity contribution in [2.45, 2.75) is 13.5 Å². The van der Waals surface area contributed by atoms with Crippen LogP contribution < -0.4 is 4.74 Å². The highest BCUT2D eigenvalue weighted by atomic mass is 16.5. The first kappa shape index (κ1) is 8.57. The van der Waals surface area contributed by atoms with Gasteiger partial charge in [0.05, 0.1) is 0 Å². The van der Waals surface area contributed by atoms with Crippen LogP contribution in [0.3, 0.4) is 0 Å². The van der Waals surface area contributed by atoms with Crippen molar-refractivity contribution in [1.29, 1.82) is 0 Å². The van der Waals surface area contributed by atoms with Gasteiger partial charge < -0.3 is 4.74 Å². The van der Waals surface area contributed by atoms with Crippen molar-refractivity contribution in [3.8, 4) is 5.75 Å². The highest BCUT2D eigenvalue weighted by Crippen LogP contribution is 2.21. The molecule has 0 bridgehead atoms. The van der Waals surface area contributed by atoms with Gasteiger partial charge in [0.15, 0.2) is 0 Å². The van der Waals surface area contributed by atoms with Crippen molar-refractivity contribution in [3.63, 3.8) is 0 Å². The lowest BCUT2D eigenvalue weighted by atomic mass is 10.2. The second kappa shape index (κ2) is 3.79. The van der Waals surface area contributed by atoms with Crippen molar-refractivity contribution in [2.75, 3.05) is 19.7 Å². The molecule has 1 heterocycles. The number of rotatable bonds is 1. The van der Waals surface area contributed by atoms with Crippen LogP contribution in [0.4, 0.5) is 0 Å². The molecular weight excluding hydrogens is 162 g/mol. The topological polar surface area (TPSA) is 12.5 Å². The maximum atomic E-state index is 5.64. The van der Waals surface area contributed by atoms with Crippen molar-refractivity contribution in [1.82, 2.24) is 4.90 Å². The molecule has 1 aliphatic heterocycles. The molecule has 1 aromatic rings. The molecule has 70 valence electrons. The summed E-state index contributed by atoms with van der Waals surface area (Å²) < 4.78 is 5.64. The smallest absolute Gasteiger partial charge is 0.123 e. The quantitative estimate of drug-likeness (QED) is 0.649. The molecule has 0 saturated heterocycles. The van der Waals surface area contributed by atoms with Crippen molar-refractivity contribution >= 4 is 0 Å². The van der Waals surface area contributed by atoms with Gasteiger partial charge in [0.25, 0.3) is 0 Å². The van der Waals surface area contributed by atoms with Crippen molar-refractivity contribution in [3.05, 3.63) is 29.8 Å². The van der Waals surface area contributed by atoms with Gasteiger partial charge in [-0.05, 0) is 12.6 Å². The zero-order valence-corrected chi connectivity index (χ0v) is 7.99. The van der Waals surface area contributed by atoms with E-state index in [2.05, 4.69) is 30.0 Å². The van der Waals surface area contributed by atoms with Crippen LogP contribution in [0.2, 0.25) is 0 Å². The number of nitrogens with zero attached hydrogens (tertiary/aromatic N) is 1. The summed E-state index contributed by atoms with van der Waals surface area (Å²) in [6, 6.07) is 8.29. The lowest BCUT2D eigenvalue weighted by Gasteiger charge is -2.15. The molecule has 13 heavy (non-hydrogen) atoms. The third kappa shape index (κ3) is 1.83. The largest absolute Gasteiger partial charge is 0.492 e. The van der Waals surface area contributed by atoms with Crippen LogP contribution in [0.5, 0.6) is 5.75 Å². The van der Waals surface area contributed by atoms with E-state index in [9.17, 15) is 0 Å².